The third kappa shape index (κ3) is 3.28. The minimum atomic E-state index is -0.314. The monoisotopic (exact) mass is 215 g/mol. The summed E-state index contributed by atoms with van der Waals surface area (Å²) in [6.45, 7) is 5.64. The van der Waals surface area contributed by atoms with Crippen LogP contribution >= 0.6 is 11.6 Å². The van der Waals surface area contributed by atoms with Gasteiger partial charge in [-0.1, -0.05) is 37.6 Å². The van der Waals surface area contributed by atoms with E-state index in [0.717, 1.165) is 6.54 Å². The number of benzene rings is 1. The highest BCUT2D eigenvalue weighted by Crippen LogP contribution is 2.17. The molecular formula is C11H15ClFN. The lowest BCUT2D eigenvalue weighted by Crippen LogP contribution is -2.19. The third-order valence-corrected chi connectivity index (χ3v) is 2.19. The molecular weight excluding hydrogens is 201 g/mol. The number of hydrogen-bond donors (Lipinski definition) is 1. The van der Waals surface area contributed by atoms with Crippen LogP contribution in [0.25, 0.3) is 0 Å². The maximum absolute atomic E-state index is 13.4. The van der Waals surface area contributed by atoms with Crippen molar-refractivity contribution in [2.24, 2.45) is 5.92 Å². The summed E-state index contributed by atoms with van der Waals surface area (Å²) in [6.07, 6.45) is 0. The van der Waals surface area contributed by atoms with E-state index in [1.807, 2.05) is 0 Å². The van der Waals surface area contributed by atoms with E-state index >= 15 is 0 Å². The van der Waals surface area contributed by atoms with Crippen molar-refractivity contribution in [3.05, 3.63) is 34.6 Å². The van der Waals surface area contributed by atoms with Gasteiger partial charge in [-0.3, -0.25) is 0 Å². The van der Waals surface area contributed by atoms with Crippen molar-refractivity contribution >= 4 is 11.6 Å². The number of hydrogen-bond acceptors (Lipinski definition) is 1. The number of rotatable bonds is 4. The van der Waals surface area contributed by atoms with Gasteiger partial charge in [0, 0.05) is 12.1 Å². The van der Waals surface area contributed by atoms with Crippen LogP contribution in [0.2, 0.25) is 5.02 Å². The molecule has 3 heteroatoms. The number of nitrogens with one attached hydrogen (secondary N) is 1. The quantitative estimate of drug-likeness (QED) is 0.813. The predicted octanol–water partition coefficient (Wildman–Crippen LogP) is 3.22. The van der Waals surface area contributed by atoms with E-state index in [4.69, 9.17) is 11.6 Å². The van der Waals surface area contributed by atoms with Crippen molar-refractivity contribution in [2.45, 2.75) is 20.4 Å². The lowest BCUT2D eigenvalue weighted by atomic mass is 10.2. The van der Waals surface area contributed by atoms with Crippen molar-refractivity contribution in [2.75, 3.05) is 6.54 Å². The molecule has 0 spiro atoms. The zero-order chi connectivity index (χ0) is 10.6. The molecule has 0 amide bonds. The van der Waals surface area contributed by atoms with Gasteiger partial charge < -0.3 is 5.32 Å². The second-order valence-corrected chi connectivity index (χ2v) is 4.14. The summed E-state index contributed by atoms with van der Waals surface area (Å²) in [5, 5.41) is 3.36. The molecule has 1 nitrogen and oxygen atoms in total. The van der Waals surface area contributed by atoms with Crippen molar-refractivity contribution in [1.29, 1.82) is 0 Å². The van der Waals surface area contributed by atoms with E-state index in [0.29, 0.717) is 18.0 Å². The van der Waals surface area contributed by atoms with Crippen LogP contribution in [0.15, 0.2) is 18.2 Å². The van der Waals surface area contributed by atoms with E-state index in [9.17, 15) is 4.39 Å². The van der Waals surface area contributed by atoms with Crippen LogP contribution in [0.3, 0.4) is 0 Å². The Kier molecular flexibility index (Phi) is 4.36. The van der Waals surface area contributed by atoms with E-state index in [-0.39, 0.29) is 10.8 Å². The summed E-state index contributed by atoms with van der Waals surface area (Å²) in [5.41, 5.74) is 0.623. The maximum Gasteiger partial charge on any atom is 0.146 e. The molecule has 0 bridgehead atoms. The fourth-order valence-electron chi connectivity index (χ4n) is 1.18. The van der Waals surface area contributed by atoms with E-state index < -0.39 is 0 Å². The summed E-state index contributed by atoms with van der Waals surface area (Å²) < 4.78 is 13.4. The average molecular weight is 216 g/mol. The fourth-order valence-corrected chi connectivity index (χ4v) is 1.37. The molecule has 14 heavy (non-hydrogen) atoms. The van der Waals surface area contributed by atoms with Crippen LogP contribution in [-0.2, 0) is 6.54 Å². The molecule has 0 fully saturated rings. The molecule has 78 valence electrons. The molecule has 0 saturated heterocycles. The van der Waals surface area contributed by atoms with Crippen LogP contribution in [0.4, 0.5) is 4.39 Å². The molecule has 0 aliphatic rings. The van der Waals surface area contributed by atoms with E-state index in [1.165, 1.54) is 0 Å². The molecule has 0 unspecified atom stereocenters. The highest BCUT2D eigenvalue weighted by Gasteiger charge is 2.05. The molecule has 0 heterocycles. The maximum atomic E-state index is 13.4. The Morgan fingerprint density at radius 1 is 1.43 bits per heavy atom. The second-order valence-electron chi connectivity index (χ2n) is 3.74. The predicted molar refractivity (Wildman–Crippen MR) is 58.0 cm³/mol. The summed E-state index contributed by atoms with van der Waals surface area (Å²) in [6, 6.07) is 5.06. The standard InChI is InChI=1S/C11H15ClFN/c1-8(2)6-14-7-9-4-3-5-10(12)11(9)13/h3-5,8,14H,6-7H2,1-2H3. The van der Waals surface area contributed by atoms with Crippen molar-refractivity contribution < 1.29 is 4.39 Å². The molecule has 0 saturated carbocycles. The van der Waals surface area contributed by atoms with Crippen molar-refractivity contribution in [3.63, 3.8) is 0 Å². The Morgan fingerprint density at radius 3 is 2.79 bits per heavy atom. The van der Waals surface area contributed by atoms with E-state index in [2.05, 4.69) is 19.2 Å². The molecule has 1 aromatic carbocycles. The first kappa shape index (κ1) is 11.5. The Morgan fingerprint density at radius 2 is 2.14 bits per heavy atom. The lowest BCUT2D eigenvalue weighted by molar-refractivity contribution is 0.535. The van der Waals surface area contributed by atoms with Crippen molar-refractivity contribution in [3.8, 4) is 0 Å². The molecule has 0 atom stereocenters. The second kappa shape index (κ2) is 5.32. The molecule has 0 aromatic heterocycles. The van der Waals surface area contributed by atoms with Gasteiger partial charge in [0.25, 0.3) is 0 Å². The van der Waals surface area contributed by atoms with Crippen LogP contribution < -0.4 is 5.32 Å². The average Bonchev–Trinajstić information content (AvgIpc) is 2.12. The molecule has 1 N–H and O–H groups in total. The van der Waals surface area contributed by atoms with Gasteiger partial charge in [-0.25, -0.2) is 4.39 Å². The van der Waals surface area contributed by atoms with Crippen molar-refractivity contribution in [1.82, 2.24) is 5.32 Å². The zero-order valence-corrected chi connectivity index (χ0v) is 9.24. The topological polar surface area (TPSA) is 12.0 Å². The SMILES string of the molecule is CC(C)CNCc1cccc(Cl)c1F. The molecule has 0 aliphatic heterocycles. The summed E-state index contributed by atoms with van der Waals surface area (Å²) in [5.74, 6) is 0.252. The zero-order valence-electron chi connectivity index (χ0n) is 8.48. The summed E-state index contributed by atoms with van der Waals surface area (Å²) in [4.78, 5) is 0. The third-order valence-electron chi connectivity index (χ3n) is 1.90. The first-order chi connectivity index (χ1) is 6.61. The van der Waals surface area contributed by atoms with Gasteiger partial charge in [0.05, 0.1) is 5.02 Å². The smallest absolute Gasteiger partial charge is 0.146 e. The summed E-state index contributed by atoms with van der Waals surface area (Å²) in [7, 11) is 0. The normalized spacial score (nSPS) is 10.9. The van der Waals surface area contributed by atoms with Crippen LogP contribution in [0.1, 0.15) is 19.4 Å². The Hall–Kier alpha value is -0.600. The van der Waals surface area contributed by atoms with Crippen LogP contribution in [0, 0.1) is 11.7 Å². The van der Waals surface area contributed by atoms with Gasteiger partial charge >= 0.3 is 0 Å². The van der Waals surface area contributed by atoms with Gasteiger partial charge in [0.1, 0.15) is 5.82 Å². The molecule has 1 rings (SSSR count). The van der Waals surface area contributed by atoms with Crippen LogP contribution in [0.5, 0.6) is 0 Å². The van der Waals surface area contributed by atoms with E-state index in [1.54, 1.807) is 18.2 Å². The first-order valence-corrected chi connectivity index (χ1v) is 5.12. The molecule has 0 radical (unpaired) electrons. The lowest BCUT2D eigenvalue weighted by Gasteiger charge is -2.08. The minimum absolute atomic E-state index is 0.189. The van der Waals surface area contributed by atoms with Gasteiger partial charge in [-0.15, -0.1) is 0 Å². The minimum Gasteiger partial charge on any atom is -0.312 e. The van der Waals surface area contributed by atoms with Gasteiger partial charge in [0.2, 0.25) is 0 Å². The van der Waals surface area contributed by atoms with Gasteiger partial charge in [0.15, 0.2) is 0 Å². The van der Waals surface area contributed by atoms with Gasteiger partial charge in [-0.05, 0) is 18.5 Å². The highest BCUT2D eigenvalue weighted by atomic mass is 35.5. The Bertz CT molecular complexity index is 299. The Labute approximate surface area is 89.3 Å². The fraction of sp³-hybridized carbons (Fsp3) is 0.455. The first-order valence-electron chi connectivity index (χ1n) is 4.75. The highest BCUT2D eigenvalue weighted by molar-refractivity contribution is 6.30. The summed E-state index contributed by atoms with van der Waals surface area (Å²) >= 11 is 5.65. The Balaban J connectivity index is 2.54. The molecule has 1 aromatic rings. The molecule has 0 aliphatic carbocycles. The largest absolute Gasteiger partial charge is 0.312 e. The van der Waals surface area contributed by atoms with Gasteiger partial charge in [-0.2, -0.15) is 0 Å². The van der Waals surface area contributed by atoms with Crippen LogP contribution in [-0.4, -0.2) is 6.54 Å². The number of halogens is 2.